The summed E-state index contributed by atoms with van der Waals surface area (Å²) in [6.07, 6.45) is 9.28. The number of terminal acetylenes is 1. The third-order valence-corrected chi connectivity index (χ3v) is 10.3. The van der Waals surface area contributed by atoms with Crippen molar-refractivity contribution in [1.82, 2.24) is 39.7 Å². The Morgan fingerprint density at radius 1 is 1.00 bits per heavy atom. The number of nitrogens with zero attached hydrogens (tertiary/aromatic N) is 6. The highest BCUT2D eigenvalue weighted by molar-refractivity contribution is 6.33. The van der Waals surface area contributed by atoms with Crippen LogP contribution in [0.4, 0.5) is 10.5 Å². The van der Waals surface area contributed by atoms with Gasteiger partial charge in [-0.25, -0.2) is 14.3 Å². The largest absolute Gasteiger partial charge is 0.397 e. The van der Waals surface area contributed by atoms with Gasteiger partial charge in [0.05, 0.1) is 16.8 Å². The fourth-order valence-electron chi connectivity index (χ4n) is 7.10. The fourth-order valence-corrected chi connectivity index (χ4v) is 7.34. The van der Waals surface area contributed by atoms with Gasteiger partial charge in [0.1, 0.15) is 6.04 Å². The normalized spacial score (nSPS) is 19.2. The molecular weight excluding hydrogens is 630 g/mol. The molecule has 3 aliphatic heterocycles. The summed E-state index contributed by atoms with van der Waals surface area (Å²) in [6, 6.07) is 12.2. The van der Waals surface area contributed by atoms with Gasteiger partial charge in [0.25, 0.3) is 0 Å². The number of nitrogens with two attached hydrogens (primary N) is 1. The highest BCUT2D eigenvalue weighted by atomic mass is 35.5. The maximum Gasteiger partial charge on any atom is 0.343 e. The van der Waals surface area contributed by atoms with Crippen molar-refractivity contribution in [1.29, 1.82) is 0 Å². The monoisotopic (exact) mass is 673 g/mol. The number of halogens is 1. The number of carbonyl (C=O) groups excluding carboxylic acids is 2. The Balaban J connectivity index is 1.12. The number of anilines is 1. The van der Waals surface area contributed by atoms with Crippen molar-refractivity contribution in [2.75, 3.05) is 65.1 Å². The molecule has 2 aromatic carbocycles. The number of amides is 3. The molecule has 3 aromatic rings. The topological polar surface area (TPSA) is 136 Å². The van der Waals surface area contributed by atoms with Crippen LogP contribution in [0.3, 0.4) is 0 Å². The second-order valence-corrected chi connectivity index (χ2v) is 13.5. The van der Waals surface area contributed by atoms with E-state index in [-0.39, 0.29) is 30.1 Å². The molecule has 254 valence electrons. The number of piperidine rings is 2. The van der Waals surface area contributed by atoms with Crippen LogP contribution in [-0.4, -0.2) is 118 Å². The number of nitrogen functional groups attached to an aromatic ring is 1. The number of hydrogen-bond acceptors (Lipinski definition) is 7. The first-order valence-corrected chi connectivity index (χ1v) is 17.1. The van der Waals surface area contributed by atoms with E-state index in [0.717, 1.165) is 50.1 Å². The van der Waals surface area contributed by atoms with E-state index in [2.05, 4.69) is 38.2 Å². The van der Waals surface area contributed by atoms with E-state index in [1.54, 1.807) is 17.0 Å². The van der Waals surface area contributed by atoms with Crippen LogP contribution in [-0.2, 0) is 11.2 Å². The zero-order valence-electron chi connectivity index (χ0n) is 27.4. The van der Waals surface area contributed by atoms with Crippen LogP contribution < -0.4 is 16.7 Å². The number of hydrogen-bond donors (Lipinski definition) is 3. The summed E-state index contributed by atoms with van der Waals surface area (Å²) >= 11 is 6.40. The molecule has 0 bridgehead atoms. The molecule has 6 rings (SSSR count). The molecule has 3 saturated heterocycles. The molecule has 3 fully saturated rings. The van der Waals surface area contributed by atoms with Crippen LogP contribution in [0, 0.1) is 12.3 Å². The van der Waals surface area contributed by atoms with Gasteiger partial charge in [0.15, 0.2) is 5.82 Å². The molecule has 48 heavy (non-hydrogen) atoms. The number of aromatic amines is 1. The maximum atomic E-state index is 14.1. The molecule has 3 aliphatic rings. The number of carbonyl (C=O) groups is 2. The Bertz CT molecular complexity index is 1690. The van der Waals surface area contributed by atoms with Gasteiger partial charge in [-0.15, -0.1) is 11.5 Å². The third-order valence-electron chi connectivity index (χ3n) is 10.00. The molecule has 0 spiro atoms. The van der Waals surface area contributed by atoms with Crippen LogP contribution in [0.25, 0.3) is 11.4 Å². The van der Waals surface area contributed by atoms with Crippen molar-refractivity contribution in [3.63, 3.8) is 0 Å². The van der Waals surface area contributed by atoms with Crippen LogP contribution in [0.5, 0.6) is 0 Å². The summed E-state index contributed by atoms with van der Waals surface area (Å²) < 4.78 is 1.49. The number of rotatable bonds is 7. The summed E-state index contributed by atoms with van der Waals surface area (Å²) in [5.74, 6) is 2.95. The fraction of sp³-hybridized carbons (Fsp3) is 0.486. The summed E-state index contributed by atoms with van der Waals surface area (Å²) in [7, 11) is 2.16. The smallest absolute Gasteiger partial charge is 0.343 e. The molecule has 12 nitrogen and oxygen atoms in total. The number of nitrogens with one attached hydrogen (secondary N) is 2. The van der Waals surface area contributed by atoms with Gasteiger partial charge in [0, 0.05) is 62.9 Å². The summed E-state index contributed by atoms with van der Waals surface area (Å²) in [4.78, 5) is 51.8. The van der Waals surface area contributed by atoms with E-state index >= 15 is 0 Å². The average molecular weight is 674 g/mol. The Morgan fingerprint density at radius 3 is 2.33 bits per heavy atom. The second kappa shape index (κ2) is 14.8. The van der Waals surface area contributed by atoms with E-state index in [4.69, 9.17) is 23.8 Å². The van der Waals surface area contributed by atoms with Gasteiger partial charge in [-0.2, -0.15) is 0 Å². The molecule has 0 aliphatic carbocycles. The van der Waals surface area contributed by atoms with Crippen LogP contribution in [0.2, 0.25) is 5.02 Å². The molecule has 0 saturated carbocycles. The first-order chi connectivity index (χ1) is 23.2. The number of urea groups is 1. The molecular formula is C35H44ClN9O3. The predicted molar refractivity (Wildman–Crippen MR) is 187 cm³/mol. The average Bonchev–Trinajstić information content (AvgIpc) is 3.51. The van der Waals surface area contributed by atoms with E-state index in [0.29, 0.717) is 67.2 Å². The van der Waals surface area contributed by atoms with Crippen LogP contribution in [0.1, 0.15) is 42.9 Å². The van der Waals surface area contributed by atoms with Crippen molar-refractivity contribution < 1.29 is 9.59 Å². The van der Waals surface area contributed by atoms with Gasteiger partial charge >= 0.3 is 11.7 Å². The van der Waals surface area contributed by atoms with Crippen molar-refractivity contribution in [2.45, 2.75) is 50.2 Å². The van der Waals surface area contributed by atoms with E-state index < -0.39 is 6.04 Å². The minimum atomic E-state index is -0.821. The van der Waals surface area contributed by atoms with Crippen molar-refractivity contribution in [2.24, 2.45) is 0 Å². The first-order valence-electron chi connectivity index (χ1n) is 16.8. The Morgan fingerprint density at radius 2 is 1.67 bits per heavy atom. The minimum Gasteiger partial charge on any atom is -0.397 e. The van der Waals surface area contributed by atoms with Crippen LogP contribution in [0.15, 0.2) is 47.3 Å². The summed E-state index contributed by atoms with van der Waals surface area (Å²) in [5, 5.41) is 7.90. The van der Waals surface area contributed by atoms with Gasteiger partial charge in [0.2, 0.25) is 5.91 Å². The number of H-pyrrole nitrogens is 1. The highest BCUT2D eigenvalue weighted by Crippen LogP contribution is 2.26. The summed E-state index contributed by atoms with van der Waals surface area (Å²) in [5.41, 5.74) is 8.11. The standard InChI is InChI=1S/C35H44ClN9O3/c1-3-25-21-24(22-29(36)31(25)37)23-30(33(46)43-19-17-42(18-20-43)27-9-13-41(2)14-10-27)38-34(47)44-15-11-28(12-16-44)45-35(48)39-32(40-45)26-7-5-4-6-8-26/h1,4-8,21-22,27-28,30H,9-20,23,37H2,2H3,(H,38,47)(H,39,40,48)/t30-/m1/s1. The quantitative estimate of drug-likeness (QED) is 0.259. The van der Waals surface area contributed by atoms with Gasteiger partial charge < -0.3 is 25.8 Å². The molecule has 0 radical (unpaired) electrons. The number of piperazine rings is 1. The van der Waals surface area contributed by atoms with E-state index in [1.165, 1.54) is 4.68 Å². The van der Waals surface area contributed by atoms with Crippen molar-refractivity contribution >= 4 is 29.2 Å². The molecule has 13 heteroatoms. The van der Waals surface area contributed by atoms with Gasteiger partial charge in [-0.1, -0.05) is 47.9 Å². The van der Waals surface area contributed by atoms with E-state index in [1.807, 2.05) is 35.2 Å². The third kappa shape index (κ3) is 7.54. The maximum absolute atomic E-state index is 14.1. The predicted octanol–water partition coefficient (Wildman–Crippen LogP) is 2.65. The van der Waals surface area contributed by atoms with Crippen molar-refractivity contribution in [3.8, 4) is 23.7 Å². The lowest BCUT2D eigenvalue weighted by Gasteiger charge is -2.43. The molecule has 4 heterocycles. The molecule has 4 N–H and O–H groups in total. The minimum absolute atomic E-state index is 0.131. The molecule has 3 amide bonds. The Hall–Kier alpha value is -4.31. The zero-order valence-corrected chi connectivity index (χ0v) is 28.2. The molecule has 0 unspecified atom stereocenters. The second-order valence-electron chi connectivity index (χ2n) is 13.1. The summed E-state index contributed by atoms with van der Waals surface area (Å²) in [6.45, 7) is 5.83. The van der Waals surface area contributed by atoms with Crippen molar-refractivity contribution in [3.05, 3.63) is 69.1 Å². The van der Waals surface area contributed by atoms with E-state index in [9.17, 15) is 14.4 Å². The molecule has 1 atom stereocenters. The Kier molecular flexibility index (Phi) is 10.4. The SMILES string of the molecule is C#Cc1cc(C[C@@H](NC(=O)N2CCC(n3nc(-c4ccccc4)[nH]c3=O)CC2)C(=O)N2CCN(C3CCN(C)CC3)CC2)cc(Cl)c1N. The molecule has 1 aromatic heterocycles. The van der Waals surface area contributed by atoms with Crippen LogP contribution >= 0.6 is 11.6 Å². The Labute approximate surface area is 286 Å². The lowest BCUT2D eigenvalue weighted by Crippen LogP contribution is -2.59. The lowest BCUT2D eigenvalue weighted by molar-refractivity contribution is -0.135. The number of likely N-dealkylation sites (tertiary alicyclic amines) is 2. The van der Waals surface area contributed by atoms with Gasteiger partial charge in [-0.05, 0) is 63.5 Å². The first kappa shape index (κ1) is 33.6. The lowest BCUT2D eigenvalue weighted by atomic mass is 10.00. The zero-order chi connectivity index (χ0) is 33.8. The number of benzene rings is 2. The number of aromatic nitrogens is 3. The van der Waals surface area contributed by atoms with Gasteiger partial charge in [-0.3, -0.25) is 14.7 Å². The highest BCUT2D eigenvalue weighted by Gasteiger charge is 2.34.